The minimum absolute atomic E-state index is 0.0270. The van der Waals surface area contributed by atoms with Crippen LogP contribution < -0.4 is 10.6 Å². The van der Waals surface area contributed by atoms with Crippen LogP contribution in [0.3, 0.4) is 0 Å². The Bertz CT molecular complexity index is 896. The summed E-state index contributed by atoms with van der Waals surface area (Å²) in [6.45, 7) is 1.60. The number of hydrogen-bond donors (Lipinski definition) is 2. The van der Waals surface area contributed by atoms with E-state index >= 15 is 0 Å². The van der Waals surface area contributed by atoms with E-state index in [-0.39, 0.29) is 36.9 Å². The van der Waals surface area contributed by atoms with Crippen molar-refractivity contribution >= 4 is 23.5 Å². The second-order valence-corrected chi connectivity index (χ2v) is 6.95. The summed E-state index contributed by atoms with van der Waals surface area (Å²) in [4.78, 5) is 44.0. The fourth-order valence-corrected chi connectivity index (χ4v) is 3.41. The van der Waals surface area contributed by atoms with Crippen LogP contribution >= 0.6 is 0 Å². The molecule has 4 rings (SSSR count). The van der Waals surface area contributed by atoms with E-state index in [1.165, 1.54) is 0 Å². The number of amides is 3. The second-order valence-electron chi connectivity index (χ2n) is 6.95. The first kappa shape index (κ1) is 18.0. The van der Waals surface area contributed by atoms with Gasteiger partial charge in [0.05, 0.1) is 12.6 Å². The van der Waals surface area contributed by atoms with Crippen molar-refractivity contribution < 1.29 is 14.4 Å². The lowest BCUT2D eigenvalue weighted by molar-refractivity contribution is -0.136. The number of aromatic nitrogens is 1. The SMILES string of the molecule is O=C(CN1Cc2ccccc2C1=O)NC1CN(C(=O)CNc2ccccn2)C1. The molecule has 0 spiro atoms. The van der Waals surface area contributed by atoms with Gasteiger partial charge in [-0.25, -0.2) is 4.98 Å². The highest BCUT2D eigenvalue weighted by Gasteiger charge is 2.33. The second kappa shape index (κ2) is 7.67. The maximum absolute atomic E-state index is 12.3. The molecule has 2 aliphatic heterocycles. The van der Waals surface area contributed by atoms with E-state index in [0.29, 0.717) is 31.0 Å². The summed E-state index contributed by atoms with van der Waals surface area (Å²) in [6.07, 6.45) is 1.66. The van der Waals surface area contributed by atoms with Crippen LogP contribution in [0.5, 0.6) is 0 Å². The van der Waals surface area contributed by atoms with Crippen molar-refractivity contribution in [1.29, 1.82) is 0 Å². The maximum atomic E-state index is 12.3. The zero-order valence-electron chi connectivity index (χ0n) is 15.3. The molecule has 8 nitrogen and oxygen atoms in total. The van der Waals surface area contributed by atoms with Gasteiger partial charge >= 0.3 is 0 Å². The molecular formula is C20H21N5O3. The van der Waals surface area contributed by atoms with Gasteiger partial charge in [-0.1, -0.05) is 24.3 Å². The van der Waals surface area contributed by atoms with E-state index in [9.17, 15) is 14.4 Å². The number of carbonyl (C=O) groups is 3. The number of anilines is 1. The van der Waals surface area contributed by atoms with E-state index in [0.717, 1.165) is 5.56 Å². The van der Waals surface area contributed by atoms with E-state index < -0.39 is 0 Å². The maximum Gasteiger partial charge on any atom is 0.254 e. The number of hydrogen-bond acceptors (Lipinski definition) is 5. The van der Waals surface area contributed by atoms with Gasteiger partial charge in [0.1, 0.15) is 12.4 Å². The van der Waals surface area contributed by atoms with Gasteiger partial charge < -0.3 is 20.4 Å². The number of nitrogens with zero attached hydrogens (tertiary/aromatic N) is 3. The molecule has 144 valence electrons. The zero-order valence-corrected chi connectivity index (χ0v) is 15.3. The Hall–Kier alpha value is -3.42. The first-order valence-electron chi connectivity index (χ1n) is 9.19. The quantitative estimate of drug-likeness (QED) is 0.761. The molecule has 8 heteroatoms. The van der Waals surface area contributed by atoms with Crippen molar-refractivity contribution in [3.63, 3.8) is 0 Å². The van der Waals surface area contributed by atoms with Crippen LogP contribution in [0, 0.1) is 0 Å². The van der Waals surface area contributed by atoms with Crippen molar-refractivity contribution in [3.8, 4) is 0 Å². The standard InChI is InChI=1S/C20H21N5O3/c26-18(13-25-10-14-5-1-2-6-16(14)20(25)28)23-15-11-24(12-15)19(27)9-22-17-7-3-4-8-21-17/h1-8,15H,9-13H2,(H,21,22)(H,23,26). The Morgan fingerprint density at radius 1 is 1.11 bits per heavy atom. The van der Waals surface area contributed by atoms with Crippen LogP contribution in [0.2, 0.25) is 0 Å². The fraction of sp³-hybridized carbons (Fsp3) is 0.300. The molecule has 1 saturated heterocycles. The third-order valence-corrected chi connectivity index (χ3v) is 4.92. The Morgan fingerprint density at radius 3 is 2.64 bits per heavy atom. The molecule has 0 unspecified atom stereocenters. The van der Waals surface area contributed by atoms with Gasteiger partial charge in [-0.3, -0.25) is 14.4 Å². The molecule has 2 N–H and O–H groups in total. The van der Waals surface area contributed by atoms with E-state index in [1.54, 1.807) is 28.1 Å². The third kappa shape index (κ3) is 3.80. The Balaban J connectivity index is 1.18. The largest absolute Gasteiger partial charge is 0.361 e. The number of likely N-dealkylation sites (tertiary alicyclic amines) is 1. The van der Waals surface area contributed by atoms with Crippen LogP contribution in [0.25, 0.3) is 0 Å². The van der Waals surface area contributed by atoms with Gasteiger partial charge in [-0.05, 0) is 23.8 Å². The lowest BCUT2D eigenvalue weighted by Gasteiger charge is -2.39. The van der Waals surface area contributed by atoms with Gasteiger partial charge in [0.25, 0.3) is 5.91 Å². The summed E-state index contributed by atoms with van der Waals surface area (Å²) in [5.41, 5.74) is 1.61. The molecule has 2 aromatic rings. The number of carbonyl (C=O) groups excluding carboxylic acids is 3. The van der Waals surface area contributed by atoms with Crippen molar-refractivity contribution in [1.82, 2.24) is 20.1 Å². The fourth-order valence-electron chi connectivity index (χ4n) is 3.41. The molecule has 0 atom stereocenters. The number of fused-ring (bicyclic) bond motifs is 1. The van der Waals surface area contributed by atoms with Crippen LogP contribution in [-0.2, 0) is 16.1 Å². The molecule has 0 aliphatic carbocycles. The molecule has 3 amide bonds. The Morgan fingerprint density at radius 2 is 1.89 bits per heavy atom. The summed E-state index contributed by atoms with van der Waals surface area (Å²) in [5.74, 6) is 0.292. The summed E-state index contributed by atoms with van der Waals surface area (Å²) < 4.78 is 0. The molecule has 3 heterocycles. The number of benzene rings is 1. The molecule has 1 aromatic heterocycles. The lowest BCUT2D eigenvalue weighted by atomic mass is 10.1. The lowest BCUT2D eigenvalue weighted by Crippen LogP contribution is -2.62. The molecule has 1 fully saturated rings. The summed E-state index contributed by atoms with van der Waals surface area (Å²) >= 11 is 0. The van der Waals surface area contributed by atoms with Crippen LogP contribution in [-0.4, -0.2) is 64.7 Å². The van der Waals surface area contributed by atoms with Gasteiger partial charge in [0, 0.05) is 31.4 Å². The van der Waals surface area contributed by atoms with Crippen LogP contribution in [0.1, 0.15) is 15.9 Å². The van der Waals surface area contributed by atoms with Gasteiger partial charge in [0.2, 0.25) is 11.8 Å². The van der Waals surface area contributed by atoms with E-state index in [1.807, 2.05) is 30.3 Å². The summed E-state index contributed by atoms with van der Waals surface area (Å²) in [5, 5.41) is 5.87. The van der Waals surface area contributed by atoms with Crippen molar-refractivity contribution in [2.45, 2.75) is 12.6 Å². The zero-order chi connectivity index (χ0) is 19.5. The van der Waals surface area contributed by atoms with Gasteiger partial charge in [-0.15, -0.1) is 0 Å². The highest BCUT2D eigenvalue weighted by molar-refractivity contribution is 6.00. The average Bonchev–Trinajstić information content (AvgIpc) is 2.99. The Kier molecular flexibility index (Phi) is 4.92. The summed E-state index contributed by atoms with van der Waals surface area (Å²) in [6, 6.07) is 12.8. The normalized spacial score (nSPS) is 15.8. The molecule has 0 radical (unpaired) electrons. The first-order chi connectivity index (χ1) is 13.6. The highest BCUT2D eigenvalue weighted by Crippen LogP contribution is 2.21. The van der Waals surface area contributed by atoms with Crippen molar-refractivity contribution in [2.24, 2.45) is 0 Å². The van der Waals surface area contributed by atoms with Crippen molar-refractivity contribution in [2.75, 3.05) is 31.5 Å². The minimum atomic E-state index is -0.204. The number of nitrogens with one attached hydrogen (secondary N) is 2. The molecule has 2 aliphatic rings. The first-order valence-corrected chi connectivity index (χ1v) is 9.19. The smallest absolute Gasteiger partial charge is 0.254 e. The number of rotatable bonds is 6. The molecule has 1 aromatic carbocycles. The van der Waals surface area contributed by atoms with E-state index in [2.05, 4.69) is 15.6 Å². The monoisotopic (exact) mass is 379 g/mol. The number of pyridine rings is 1. The van der Waals surface area contributed by atoms with E-state index in [4.69, 9.17) is 0 Å². The summed E-state index contributed by atoms with van der Waals surface area (Å²) in [7, 11) is 0. The van der Waals surface area contributed by atoms with Gasteiger partial charge in [0.15, 0.2) is 0 Å². The molecule has 0 saturated carbocycles. The third-order valence-electron chi connectivity index (χ3n) is 4.92. The average molecular weight is 379 g/mol. The molecular weight excluding hydrogens is 358 g/mol. The van der Waals surface area contributed by atoms with Gasteiger partial charge in [-0.2, -0.15) is 0 Å². The molecule has 28 heavy (non-hydrogen) atoms. The van der Waals surface area contributed by atoms with Crippen LogP contribution in [0.15, 0.2) is 48.7 Å². The topological polar surface area (TPSA) is 94.6 Å². The minimum Gasteiger partial charge on any atom is -0.361 e. The van der Waals surface area contributed by atoms with Crippen molar-refractivity contribution in [3.05, 3.63) is 59.8 Å². The highest BCUT2D eigenvalue weighted by atomic mass is 16.2. The Labute approximate surface area is 162 Å². The predicted octanol–water partition coefficient (Wildman–Crippen LogP) is 0.477. The van der Waals surface area contributed by atoms with Crippen LogP contribution in [0.4, 0.5) is 5.82 Å². The molecule has 0 bridgehead atoms. The predicted molar refractivity (Wildman–Crippen MR) is 102 cm³/mol.